The molecule has 1 aromatic heterocycles. The van der Waals surface area contributed by atoms with Crippen LogP contribution in [0.5, 0.6) is 0 Å². The number of likely N-dealkylation sites (tertiary alicyclic amines) is 1. The lowest BCUT2D eigenvalue weighted by Gasteiger charge is -2.34. The first kappa shape index (κ1) is 12.8. The van der Waals surface area contributed by atoms with E-state index in [0.29, 0.717) is 0 Å². The molecule has 3 heterocycles. The van der Waals surface area contributed by atoms with Gasteiger partial charge in [0.25, 0.3) is 0 Å². The summed E-state index contributed by atoms with van der Waals surface area (Å²) < 4.78 is 1.81. The summed E-state index contributed by atoms with van der Waals surface area (Å²) in [5, 5.41) is 4.47. The van der Waals surface area contributed by atoms with Crippen LogP contribution in [0.3, 0.4) is 0 Å². The van der Waals surface area contributed by atoms with Crippen LogP contribution in [0.25, 0.3) is 0 Å². The zero-order valence-electron chi connectivity index (χ0n) is 11.9. The first-order chi connectivity index (χ1) is 9.22. The van der Waals surface area contributed by atoms with Gasteiger partial charge in [-0.3, -0.25) is 4.68 Å². The summed E-state index contributed by atoms with van der Waals surface area (Å²) in [6, 6.07) is 0. The van der Waals surface area contributed by atoms with Crippen LogP contribution in [0.15, 0.2) is 6.20 Å². The highest BCUT2D eigenvalue weighted by Gasteiger charge is 2.24. The zero-order chi connectivity index (χ0) is 13.2. The van der Waals surface area contributed by atoms with Gasteiger partial charge in [0, 0.05) is 32.9 Å². The Morgan fingerprint density at radius 2 is 1.89 bits per heavy atom. The minimum absolute atomic E-state index is 0.806. The molecule has 2 aliphatic heterocycles. The van der Waals surface area contributed by atoms with Crippen molar-refractivity contribution in [2.24, 2.45) is 13.0 Å². The van der Waals surface area contributed by atoms with Gasteiger partial charge in [-0.1, -0.05) is 0 Å². The molecule has 1 aromatic rings. The molecule has 0 radical (unpaired) electrons. The Kier molecular flexibility index (Phi) is 3.64. The normalized spacial score (nSPS) is 22.3. The minimum Gasteiger partial charge on any atom is -0.394 e. The van der Waals surface area contributed by atoms with E-state index >= 15 is 0 Å². The van der Waals surface area contributed by atoms with E-state index in [4.69, 9.17) is 5.73 Å². The maximum atomic E-state index is 6.01. The molecule has 0 saturated carbocycles. The van der Waals surface area contributed by atoms with Gasteiger partial charge in [0.1, 0.15) is 0 Å². The third kappa shape index (κ3) is 2.86. The average molecular weight is 263 g/mol. The average Bonchev–Trinajstić information content (AvgIpc) is 3.00. The van der Waals surface area contributed by atoms with E-state index in [1.54, 1.807) is 4.68 Å². The monoisotopic (exact) mass is 263 g/mol. The molecule has 0 atom stereocenters. The highest BCUT2D eigenvalue weighted by atomic mass is 15.3. The lowest BCUT2D eigenvalue weighted by Crippen LogP contribution is -2.38. The van der Waals surface area contributed by atoms with Crippen molar-refractivity contribution in [3.05, 3.63) is 6.20 Å². The summed E-state index contributed by atoms with van der Waals surface area (Å²) in [6.45, 7) is 6.12. The number of hydrogen-bond donors (Lipinski definition) is 1. The van der Waals surface area contributed by atoms with Gasteiger partial charge < -0.3 is 15.5 Å². The van der Waals surface area contributed by atoms with Gasteiger partial charge in [0.2, 0.25) is 0 Å². The van der Waals surface area contributed by atoms with Crippen molar-refractivity contribution >= 4 is 11.5 Å². The van der Waals surface area contributed by atoms with Crippen LogP contribution < -0.4 is 10.6 Å². The molecule has 2 saturated heterocycles. The summed E-state index contributed by atoms with van der Waals surface area (Å²) in [6.07, 6.45) is 7.22. The van der Waals surface area contributed by atoms with Gasteiger partial charge in [0.05, 0.1) is 5.69 Å². The van der Waals surface area contributed by atoms with Crippen LogP contribution in [-0.2, 0) is 7.05 Å². The second-order valence-corrected chi connectivity index (χ2v) is 6.02. The number of aryl methyl sites for hydroxylation is 1. The molecule has 5 nitrogen and oxygen atoms in total. The molecule has 3 rings (SSSR count). The predicted octanol–water partition coefficient (Wildman–Crippen LogP) is 1.31. The van der Waals surface area contributed by atoms with Crippen LogP contribution in [0.4, 0.5) is 11.5 Å². The summed E-state index contributed by atoms with van der Waals surface area (Å²) in [5.41, 5.74) is 6.81. The van der Waals surface area contributed by atoms with Gasteiger partial charge in [-0.05, 0) is 44.7 Å². The second-order valence-electron chi connectivity index (χ2n) is 6.02. The molecule has 0 bridgehead atoms. The molecule has 0 amide bonds. The Morgan fingerprint density at radius 1 is 1.21 bits per heavy atom. The van der Waals surface area contributed by atoms with Crippen LogP contribution >= 0.6 is 0 Å². The standard InChI is InChI=1S/C14H25N5/c1-17-11-13(15)14(16-17)19-8-4-12(5-9-19)10-18-6-2-3-7-18/h11-12H,2-10,15H2,1H3. The molecule has 0 aliphatic carbocycles. The van der Waals surface area contributed by atoms with Crippen molar-refractivity contribution in [1.29, 1.82) is 0 Å². The zero-order valence-corrected chi connectivity index (χ0v) is 11.9. The van der Waals surface area contributed by atoms with Crippen LogP contribution in [-0.4, -0.2) is 47.4 Å². The van der Waals surface area contributed by atoms with Gasteiger partial charge in [0.15, 0.2) is 5.82 Å². The number of rotatable bonds is 3. The third-order valence-electron chi connectivity index (χ3n) is 4.47. The highest BCUT2D eigenvalue weighted by molar-refractivity contribution is 5.61. The number of piperidine rings is 1. The Balaban J connectivity index is 1.52. The van der Waals surface area contributed by atoms with E-state index in [1.165, 1.54) is 45.3 Å². The molecular formula is C14H25N5. The van der Waals surface area contributed by atoms with Crippen molar-refractivity contribution in [3.63, 3.8) is 0 Å². The second kappa shape index (κ2) is 5.41. The molecule has 19 heavy (non-hydrogen) atoms. The lowest BCUT2D eigenvalue weighted by atomic mass is 9.96. The van der Waals surface area contributed by atoms with E-state index in [2.05, 4.69) is 14.9 Å². The largest absolute Gasteiger partial charge is 0.394 e. The smallest absolute Gasteiger partial charge is 0.173 e. The van der Waals surface area contributed by atoms with E-state index in [0.717, 1.165) is 30.5 Å². The van der Waals surface area contributed by atoms with Crippen molar-refractivity contribution in [2.45, 2.75) is 25.7 Å². The molecule has 0 unspecified atom stereocenters. The van der Waals surface area contributed by atoms with Crippen LogP contribution in [0.1, 0.15) is 25.7 Å². The van der Waals surface area contributed by atoms with E-state index in [-0.39, 0.29) is 0 Å². The molecule has 2 aliphatic rings. The number of nitrogens with zero attached hydrogens (tertiary/aromatic N) is 4. The van der Waals surface area contributed by atoms with Crippen LogP contribution in [0.2, 0.25) is 0 Å². The fraction of sp³-hybridized carbons (Fsp3) is 0.786. The molecule has 0 spiro atoms. The minimum atomic E-state index is 0.806. The predicted molar refractivity (Wildman–Crippen MR) is 78.2 cm³/mol. The fourth-order valence-corrected chi connectivity index (χ4v) is 3.40. The molecule has 0 aromatic carbocycles. The van der Waals surface area contributed by atoms with Gasteiger partial charge in [-0.15, -0.1) is 0 Å². The maximum absolute atomic E-state index is 6.01. The molecule has 5 heteroatoms. The van der Waals surface area contributed by atoms with Crippen molar-refractivity contribution in [1.82, 2.24) is 14.7 Å². The Hall–Kier alpha value is -1.23. The third-order valence-corrected chi connectivity index (χ3v) is 4.47. The van der Waals surface area contributed by atoms with E-state index in [9.17, 15) is 0 Å². The Labute approximate surface area is 115 Å². The number of nitrogens with two attached hydrogens (primary N) is 1. The SMILES string of the molecule is Cn1cc(N)c(N2CCC(CN3CCCC3)CC2)n1. The molecule has 2 N–H and O–H groups in total. The lowest BCUT2D eigenvalue weighted by molar-refractivity contribution is 0.249. The van der Waals surface area contributed by atoms with E-state index in [1.807, 2.05) is 13.2 Å². The molecule has 106 valence electrons. The van der Waals surface area contributed by atoms with Gasteiger partial charge in [-0.25, -0.2) is 0 Å². The highest BCUT2D eigenvalue weighted by Crippen LogP contribution is 2.27. The summed E-state index contributed by atoms with van der Waals surface area (Å²) in [7, 11) is 1.93. The van der Waals surface area contributed by atoms with Gasteiger partial charge in [-0.2, -0.15) is 5.10 Å². The van der Waals surface area contributed by atoms with E-state index < -0.39 is 0 Å². The number of nitrogen functional groups attached to an aromatic ring is 1. The van der Waals surface area contributed by atoms with Crippen molar-refractivity contribution < 1.29 is 0 Å². The summed E-state index contributed by atoms with van der Waals surface area (Å²) >= 11 is 0. The summed E-state index contributed by atoms with van der Waals surface area (Å²) in [5.74, 6) is 1.83. The van der Waals surface area contributed by atoms with Gasteiger partial charge >= 0.3 is 0 Å². The Bertz CT molecular complexity index is 413. The topological polar surface area (TPSA) is 50.3 Å². The fourth-order valence-electron chi connectivity index (χ4n) is 3.40. The molecule has 2 fully saturated rings. The number of aromatic nitrogens is 2. The number of anilines is 2. The quantitative estimate of drug-likeness (QED) is 0.893. The summed E-state index contributed by atoms with van der Waals surface area (Å²) in [4.78, 5) is 4.98. The first-order valence-electron chi connectivity index (χ1n) is 7.49. The van der Waals surface area contributed by atoms with Crippen molar-refractivity contribution in [3.8, 4) is 0 Å². The first-order valence-corrected chi connectivity index (χ1v) is 7.49. The Morgan fingerprint density at radius 3 is 2.47 bits per heavy atom. The van der Waals surface area contributed by atoms with Crippen molar-refractivity contribution in [2.75, 3.05) is 43.4 Å². The van der Waals surface area contributed by atoms with Crippen LogP contribution in [0, 0.1) is 5.92 Å². The molecular weight excluding hydrogens is 238 g/mol. The number of hydrogen-bond acceptors (Lipinski definition) is 4. The maximum Gasteiger partial charge on any atom is 0.173 e.